The summed E-state index contributed by atoms with van der Waals surface area (Å²) in [6.07, 6.45) is 10.4. The zero-order valence-electron chi connectivity index (χ0n) is 18.8. The number of carbonyl (C=O) groups excluding carboxylic acids is 1. The highest BCUT2D eigenvalue weighted by atomic mass is 79.9. The summed E-state index contributed by atoms with van der Waals surface area (Å²) in [5.74, 6) is 2.27. The van der Waals surface area contributed by atoms with Gasteiger partial charge in [-0.05, 0) is 77.2 Å². The number of nitrogens with one attached hydrogen (secondary N) is 1. The molecule has 7 nitrogen and oxygen atoms in total. The molecule has 0 saturated carbocycles. The molecule has 0 radical (unpaired) electrons. The van der Waals surface area contributed by atoms with Gasteiger partial charge < -0.3 is 20.1 Å². The topological polar surface area (TPSA) is 87.6 Å². The molecule has 1 saturated heterocycles. The number of hydrogen-bond acceptors (Lipinski definition) is 6. The number of rotatable bonds is 8. The van der Waals surface area contributed by atoms with Crippen molar-refractivity contribution in [2.45, 2.75) is 32.1 Å². The fraction of sp³-hybridized carbons (Fsp3) is 0.480. The van der Waals surface area contributed by atoms with Gasteiger partial charge in [-0.3, -0.25) is 4.79 Å². The first-order valence-corrected chi connectivity index (χ1v) is 12.4. The molecule has 1 atom stereocenters. The van der Waals surface area contributed by atoms with E-state index in [2.05, 4.69) is 54.3 Å². The standard InChI is InChI=1S/C25H31BrN4O3/c26-22-15-28-25(29-16-22)30-12-9-18(10-13-30)17-33-23-7-5-20(6-8-23)19-1-3-21(4-2-19)24(32)27-11-14-31/h1,5-8,15-16,18,21,31H,2-4,9-14,17H2,(H,27,32). The summed E-state index contributed by atoms with van der Waals surface area (Å²) in [6.45, 7) is 2.92. The molecule has 2 N–H and O–H groups in total. The number of carbonyl (C=O) groups is 1. The zero-order valence-corrected chi connectivity index (χ0v) is 20.3. The van der Waals surface area contributed by atoms with Crippen LogP contribution < -0.4 is 15.0 Å². The van der Waals surface area contributed by atoms with Gasteiger partial charge in [-0.2, -0.15) is 0 Å². The maximum Gasteiger partial charge on any atom is 0.225 e. The SMILES string of the molecule is O=C(NCCO)C1CC=C(c2ccc(OCC3CCN(c4ncc(Br)cn4)CC3)cc2)CC1. The van der Waals surface area contributed by atoms with Gasteiger partial charge in [0.1, 0.15) is 5.75 Å². The van der Waals surface area contributed by atoms with Crippen molar-refractivity contribution in [1.29, 1.82) is 0 Å². The van der Waals surface area contributed by atoms with E-state index in [1.165, 1.54) is 11.1 Å². The summed E-state index contributed by atoms with van der Waals surface area (Å²) in [5.41, 5.74) is 2.48. The van der Waals surface area contributed by atoms with E-state index in [1.54, 1.807) is 12.4 Å². The fourth-order valence-electron chi connectivity index (χ4n) is 4.41. The Balaban J connectivity index is 1.21. The maximum atomic E-state index is 12.1. The second kappa shape index (κ2) is 11.6. The van der Waals surface area contributed by atoms with Crippen LogP contribution in [0, 0.1) is 11.8 Å². The first kappa shape index (κ1) is 23.7. The van der Waals surface area contributed by atoms with Gasteiger partial charge in [-0.15, -0.1) is 0 Å². The number of anilines is 1. The van der Waals surface area contributed by atoms with E-state index in [0.717, 1.165) is 68.0 Å². The van der Waals surface area contributed by atoms with E-state index in [1.807, 2.05) is 12.1 Å². The molecule has 2 aliphatic rings. The molecule has 2 aromatic rings. The minimum atomic E-state index is -0.0197. The fourth-order valence-corrected chi connectivity index (χ4v) is 4.61. The largest absolute Gasteiger partial charge is 0.493 e. The first-order chi connectivity index (χ1) is 16.1. The van der Waals surface area contributed by atoms with Crippen molar-refractivity contribution < 1.29 is 14.6 Å². The van der Waals surface area contributed by atoms with Crippen LogP contribution in [-0.2, 0) is 4.79 Å². The Morgan fingerprint density at radius 1 is 1.15 bits per heavy atom. The molecule has 1 unspecified atom stereocenters. The van der Waals surface area contributed by atoms with Crippen LogP contribution in [0.1, 0.15) is 37.7 Å². The molecule has 1 amide bonds. The molecule has 1 fully saturated rings. The quantitative estimate of drug-likeness (QED) is 0.556. The third kappa shape index (κ3) is 6.54. The van der Waals surface area contributed by atoms with Gasteiger partial charge in [0.15, 0.2) is 0 Å². The van der Waals surface area contributed by atoms with E-state index in [0.29, 0.717) is 12.5 Å². The summed E-state index contributed by atoms with van der Waals surface area (Å²) in [6, 6.07) is 8.31. The van der Waals surface area contributed by atoms with Crippen molar-refractivity contribution in [1.82, 2.24) is 15.3 Å². The van der Waals surface area contributed by atoms with Gasteiger partial charge in [-0.1, -0.05) is 18.2 Å². The number of aliphatic hydroxyl groups excluding tert-OH is 1. The Morgan fingerprint density at radius 2 is 1.88 bits per heavy atom. The molecule has 33 heavy (non-hydrogen) atoms. The van der Waals surface area contributed by atoms with Gasteiger partial charge in [-0.25, -0.2) is 9.97 Å². The number of aromatic nitrogens is 2. The Hall–Kier alpha value is -2.45. The van der Waals surface area contributed by atoms with Crippen LogP contribution >= 0.6 is 15.9 Å². The van der Waals surface area contributed by atoms with Gasteiger partial charge in [0.2, 0.25) is 11.9 Å². The predicted molar refractivity (Wildman–Crippen MR) is 132 cm³/mol. The number of piperidine rings is 1. The van der Waals surface area contributed by atoms with Crippen molar-refractivity contribution in [3.05, 3.63) is 52.8 Å². The van der Waals surface area contributed by atoms with Gasteiger partial charge in [0, 0.05) is 37.9 Å². The molecule has 2 heterocycles. The molecule has 1 aromatic heterocycles. The highest BCUT2D eigenvalue weighted by Crippen LogP contribution is 2.31. The van der Waals surface area contributed by atoms with Crippen molar-refractivity contribution >= 4 is 33.4 Å². The minimum absolute atomic E-state index is 0.00431. The molecule has 8 heteroatoms. The van der Waals surface area contributed by atoms with Gasteiger partial charge >= 0.3 is 0 Å². The molecule has 1 aromatic carbocycles. The lowest BCUT2D eigenvalue weighted by Gasteiger charge is -2.31. The highest BCUT2D eigenvalue weighted by Gasteiger charge is 2.23. The van der Waals surface area contributed by atoms with Crippen molar-refractivity contribution in [3.8, 4) is 5.75 Å². The van der Waals surface area contributed by atoms with E-state index >= 15 is 0 Å². The average molecular weight is 515 g/mol. The summed E-state index contributed by atoms with van der Waals surface area (Å²) in [5, 5.41) is 11.6. The first-order valence-electron chi connectivity index (χ1n) is 11.7. The number of benzene rings is 1. The Morgan fingerprint density at radius 3 is 2.52 bits per heavy atom. The number of nitrogens with zero attached hydrogens (tertiary/aromatic N) is 3. The second-order valence-electron chi connectivity index (χ2n) is 8.68. The van der Waals surface area contributed by atoms with Crippen LogP contribution in [0.15, 0.2) is 47.2 Å². The lowest BCUT2D eigenvalue weighted by atomic mass is 9.86. The Kier molecular flexibility index (Phi) is 8.34. The van der Waals surface area contributed by atoms with E-state index in [9.17, 15) is 4.79 Å². The third-order valence-electron chi connectivity index (χ3n) is 6.41. The average Bonchev–Trinajstić information content (AvgIpc) is 2.87. The number of allylic oxidation sites excluding steroid dienone is 2. The second-order valence-corrected chi connectivity index (χ2v) is 9.60. The normalized spacial score (nSPS) is 19.2. The Bertz CT molecular complexity index is 941. The highest BCUT2D eigenvalue weighted by molar-refractivity contribution is 9.10. The van der Waals surface area contributed by atoms with Crippen molar-refractivity contribution in [2.75, 3.05) is 37.7 Å². The molecule has 4 rings (SSSR count). The number of hydrogen-bond donors (Lipinski definition) is 2. The minimum Gasteiger partial charge on any atom is -0.493 e. The molecule has 1 aliphatic carbocycles. The van der Waals surface area contributed by atoms with Crippen molar-refractivity contribution in [2.24, 2.45) is 11.8 Å². The number of amides is 1. The van der Waals surface area contributed by atoms with E-state index < -0.39 is 0 Å². The molecule has 0 spiro atoms. The van der Waals surface area contributed by atoms with Gasteiger partial charge in [0.25, 0.3) is 0 Å². The zero-order chi connectivity index (χ0) is 23.0. The van der Waals surface area contributed by atoms with Crippen LogP contribution in [0.2, 0.25) is 0 Å². The van der Waals surface area contributed by atoms with E-state index in [4.69, 9.17) is 9.84 Å². The smallest absolute Gasteiger partial charge is 0.225 e. The monoisotopic (exact) mass is 514 g/mol. The number of halogens is 1. The number of ether oxygens (including phenoxy) is 1. The molecular weight excluding hydrogens is 484 g/mol. The van der Waals surface area contributed by atoms with Crippen LogP contribution in [0.5, 0.6) is 5.75 Å². The lowest BCUT2D eigenvalue weighted by Crippen LogP contribution is -2.36. The number of aliphatic hydroxyl groups is 1. The maximum absolute atomic E-state index is 12.1. The third-order valence-corrected chi connectivity index (χ3v) is 6.82. The van der Waals surface area contributed by atoms with Crippen LogP contribution in [0.25, 0.3) is 5.57 Å². The predicted octanol–water partition coefficient (Wildman–Crippen LogP) is 3.83. The molecular formula is C25H31BrN4O3. The summed E-state index contributed by atoms with van der Waals surface area (Å²) >= 11 is 3.38. The summed E-state index contributed by atoms with van der Waals surface area (Å²) < 4.78 is 6.98. The van der Waals surface area contributed by atoms with Gasteiger partial charge in [0.05, 0.1) is 17.7 Å². The summed E-state index contributed by atoms with van der Waals surface area (Å²) in [7, 11) is 0. The van der Waals surface area contributed by atoms with Crippen LogP contribution in [0.3, 0.4) is 0 Å². The summed E-state index contributed by atoms with van der Waals surface area (Å²) in [4.78, 5) is 23.1. The molecule has 1 aliphatic heterocycles. The Labute approximate surface area is 203 Å². The van der Waals surface area contributed by atoms with E-state index in [-0.39, 0.29) is 18.4 Å². The van der Waals surface area contributed by atoms with Crippen LogP contribution in [-0.4, -0.2) is 53.8 Å². The lowest BCUT2D eigenvalue weighted by molar-refractivity contribution is -0.125. The van der Waals surface area contributed by atoms with Crippen LogP contribution in [0.4, 0.5) is 5.95 Å². The molecule has 176 valence electrons. The molecule has 0 bridgehead atoms. The van der Waals surface area contributed by atoms with Crippen molar-refractivity contribution in [3.63, 3.8) is 0 Å².